The first-order chi connectivity index (χ1) is 12.0. The SMILES string of the molecule is NC(Cc1sc2c(NCc3cccs3)cnnc2c1Br)CC1(F)CC1. The minimum absolute atomic E-state index is 0.174. The third-order valence-corrected chi connectivity index (χ3v) is 7.61. The number of nitrogens with two attached hydrogens (primary N) is 1. The molecule has 132 valence electrons. The van der Waals surface area contributed by atoms with Crippen LogP contribution in [-0.2, 0) is 13.0 Å². The average Bonchev–Trinajstić information content (AvgIpc) is 2.99. The quantitative estimate of drug-likeness (QED) is 0.548. The molecule has 4 rings (SSSR count). The van der Waals surface area contributed by atoms with Gasteiger partial charge in [0.05, 0.1) is 21.1 Å². The number of anilines is 1. The van der Waals surface area contributed by atoms with Crippen LogP contribution in [0.3, 0.4) is 0 Å². The highest BCUT2D eigenvalue weighted by Crippen LogP contribution is 2.44. The summed E-state index contributed by atoms with van der Waals surface area (Å²) in [6, 6.07) is 3.97. The van der Waals surface area contributed by atoms with E-state index in [9.17, 15) is 4.39 Å². The Balaban J connectivity index is 1.54. The van der Waals surface area contributed by atoms with Crippen molar-refractivity contribution in [2.24, 2.45) is 5.73 Å². The lowest BCUT2D eigenvalue weighted by atomic mass is 10.1. The lowest BCUT2D eigenvalue weighted by Crippen LogP contribution is -2.27. The number of aromatic nitrogens is 2. The van der Waals surface area contributed by atoms with Gasteiger partial charge in [0.1, 0.15) is 11.2 Å². The molecular formula is C17H18BrFN4S2. The fourth-order valence-corrected chi connectivity index (χ4v) is 5.56. The van der Waals surface area contributed by atoms with Crippen LogP contribution in [0.4, 0.5) is 10.1 Å². The fourth-order valence-electron chi connectivity index (χ4n) is 2.90. The van der Waals surface area contributed by atoms with E-state index in [0.29, 0.717) is 25.7 Å². The first-order valence-electron chi connectivity index (χ1n) is 8.17. The van der Waals surface area contributed by atoms with Gasteiger partial charge >= 0.3 is 0 Å². The summed E-state index contributed by atoms with van der Waals surface area (Å²) in [5.41, 5.74) is 6.96. The van der Waals surface area contributed by atoms with E-state index in [4.69, 9.17) is 5.73 Å². The van der Waals surface area contributed by atoms with Crippen molar-refractivity contribution >= 4 is 54.5 Å². The van der Waals surface area contributed by atoms with E-state index >= 15 is 0 Å². The Morgan fingerprint density at radius 2 is 2.28 bits per heavy atom. The van der Waals surface area contributed by atoms with E-state index in [1.807, 2.05) is 6.07 Å². The summed E-state index contributed by atoms with van der Waals surface area (Å²) in [6.07, 6.45) is 4.14. The van der Waals surface area contributed by atoms with Crippen molar-refractivity contribution in [1.29, 1.82) is 0 Å². The van der Waals surface area contributed by atoms with Crippen LogP contribution in [0.25, 0.3) is 10.2 Å². The maximum Gasteiger partial charge on any atom is 0.120 e. The number of hydrogen-bond donors (Lipinski definition) is 2. The molecule has 0 aromatic carbocycles. The largest absolute Gasteiger partial charge is 0.378 e. The van der Waals surface area contributed by atoms with Crippen molar-refractivity contribution in [2.45, 2.75) is 43.9 Å². The van der Waals surface area contributed by atoms with Crippen LogP contribution in [-0.4, -0.2) is 21.9 Å². The summed E-state index contributed by atoms with van der Waals surface area (Å²) in [5.74, 6) is 0. The maximum absolute atomic E-state index is 13.9. The van der Waals surface area contributed by atoms with Gasteiger partial charge < -0.3 is 11.1 Å². The van der Waals surface area contributed by atoms with Gasteiger partial charge in [0.15, 0.2) is 0 Å². The van der Waals surface area contributed by atoms with Gasteiger partial charge in [-0.15, -0.1) is 27.8 Å². The van der Waals surface area contributed by atoms with Gasteiger partial charge in [0, 0.05) is 22.3 Å². The second-order valence-corrected chi connectivity index (χ2v) is 9.46. The molecular weight excluding hydrogens is 423 g/mol. The number of rotatable bonds is 7. The second-order valence-electron chi connectivity index (χ2n) is 6.53. The van der Waals surface area contributed by atoms with Gasteiger partial charge in [-0.25, -0.2) is 4.39 Å². The molecule has 25 heavy (non-hydrogen) atoms. The number of nitrogens with zero attached hydrogens (tertiary/aromatic N) is 2. The van der Waals surface area contributed by atoms with Crippen LogP contribution < -0.4 is 11.1 Å². The average molecular weight is 441 g/mol. The number of halogens is 2. The van der Waals surface area contributed by atoms with Crippen molar-refractivity contribution in [3.05, 3.63) is 37.9 Å². The Morgan fingerprint density at radius 1 is 1.44 bits per heavy atom. The topological polar surface area (TPSA) is 63.8 Å². The molecule has 3 N–H and O–H groups in total. The fraction of sp³-hybridized carbons (Fsp3) is 0.412. The number of alkyl halides is 1. The van der Waals surface area contributed by atoms with Gasteiger partial charge in [-0.3, -0.25) is 0 Å². The smallest absolute Gasteiger partial charge is 0.120 e. The molecule has 1 fully saturated rings. The highest BCUT2D eigenvalue weighted by atomic mass is 79.9. The van der Waals surface area contributed by atoms with Crippen LogP contribution in [0.1, 0.15) is 29.0 Å². The number of thiophene rings is 2. The molecule has 0 spiro atoms. The maximum atomic E-state index is 13.9. The van der Waals surface area contributed by atoms with Crippen molar-refractivity contribution in [2.75, 3.05) is 5.32 Å². The molecule has 1 saturated carbocycles. The molecule has 1 aliphatic rings. The zero-order valence-electron chi connectivity index (χ0n) is 13.5. The Hall–Kier alpha value is -1.09. The summed E-state index contributed by atoms with van der Waals surface area (Å²) in [7, 11) is 0. The van der Waals surface area contributed by atoms with Crippen LogP contribution in [0.5, 0.6) is 0 Å². The van der Waals surface area contributed by atoms with Crippen LogP contribution >= 0.6 is 38.6 Å². The molecule has 4 nitrogen and oxygen atoms in total. The predicted octanol–water partition coefficient (Wildman–Crippen LogP) is 4.89. The number of nitrogens with one attached hydrogen (secondary N) is 1. The van der Waals surface area contributed by atoms with Crippen LogP contribution in [0, 0.1) is 0 Å². The first kappa shape index (κ1) is 17.3. The van der Waals surface area contributed by atoms with Crippen molar-refractivity contribution in [3.63, 3.8) is 0 Å². The Morgan fingerprint density at radius 3 is 3.00 bits per heavy atom. The van der Waals surface area contributed by atoms with Gasteiger partial charge in [0.25, 0.3) is 0 Å². The van der Waals surface area contributed by atoms with E-state index < -0.39 is 5.67 Å². The Labute approximate surface area is 161 Å². The third kappa shape index (κ3) is 3.86. The van der Waals surface area contributed by atoms with Gasteiger partial charge in [-0.05, 0) is 53.1 Å². The van der Waals surface area contributed by atoms with E-state index in [2.05, 4.69) is 42.9 Å². The molecule has 1 unspecified atom stereocenters. The van der Waals surface area contributed by atoms with Gasteiger partial charge in [-0.1, -0.05) is 6.07 Å². The zero-order valence-corrected chi connectivity index (χ0v) is 16.7. The summed E-state index contributed by atoms with van der Waals surface area (Å²) in [6.45, 7) is 0.757. The lowest BCUT2D eigenvalue weighted by Gasteiger charge is -2.12. The van der Waals surface area contributed by atoms with E-state index in [-0.39, 0.29) is 6.04 Å². The summed E-state index contributed by atoms with van der Waals surface area (Å²) in [5, 5.41) is 13.9. The first-order valence-corrected chi connectivity index (χ1v) is 10.7. The van der Waals surface area contributed by atoms with E-state index in [0.717, 1.165) is 31.8 Å². The molecule has 0 bridgehead atoms. The normalized spacial score (nSPS) is 16.9. The summed E-state index contributed by atoms with van der Waals surface area (Å²) in [4.78, 5) is 2.37. The summed E-state index contributed by atoms with van der Waals surface area (Å²) >= 11 is 7.00. The minimum atomic E-state index is -1.02. The number of fused-ring (bicyclic) bond motifs is 1. The molecule has 8 heteroatoms. The van der Waals surface area contributed by atoms with E-state index in [1.165, 1.54) is 4.88 Å². The summed E-state index contributed by atoms with van der Waals surface area (Å²) < 4.78 is 15.9. The lowest BCUT2D eigenvalue weighted by molar-refractivity contribution is 0.270. The van der Waals surface area contributed by atoms with E-state index in [1.54, 1.807) is 28.9 Å². The third-order valence-electron chi connectivity index (χ3n) is 4.38. The van der Waals surface area contributed by atoms with Crippen molar-refractivity contribution < 1.29 is 4.39 Å². The highest BCUT2D eigenvalue weighted by Gasteiger charge is 2.44. The molecule has 3 aromatic rings. The Kier molecular flexibility index (Phi) is 4.79. The van der Waals surface area contributed by atoms with Crippen molar-refractivity contribution in [3.8, 4) is 0 Å². The molecule has 0 radical (unpaired) electrons. The molecule has 1 aliphatic carbocycles. The molecule has 1 atom stereocenters. The monoisotopic (exact) mass is 440 g/mol. The molecule has 0 amide bonds. The van der Waals surface area contributed by atoms with Gasteiger partial charge in [0.2, 0.25) is 0 Å². The van der Waals surface area contributed by atoms with Crippen LogP contribution in [0.2, 0.25) is 0 Å². The highest BCUT2D eigenvalue weighted by molar-refractivity contribution is 9.10. The molecule has 0 saturated heterocycles. The van der Waals surface area contributed by atoms with Crippen molar-refractivity contribution in [1.82, 2.24) is 10.2 Å². The zero-order chi connectivity index (χ0) is 17.4. The second kappa shape index (κ2) is 6.90. The minimum Gasteiger partial charge on any atom is -0.378 e. The predicted molar refractivity (Wildman–Crippen MR) is 106 cm³/mol. The molecule has 3 heterocycles. The Bertz CT molecular complexity index is 876. The molecule has 3 aromatic heterocycles. The standard InChI is InChI=1S/C17H18BrFN4S2/c18-14-13(6-10(20)7-17(19)3-4-17)25-16-12(9-22-23-15(14)16)21-8-11-2-1-5-24-11/h1-2,5,9-10H,3-4,6-8,20H2,(H,21,23). The van der Waals surface area contributed by atoms with Crippen LogP contribution in [0.15, 0.2) is 28.2 Å². The number of hydrogen-bond acceptors (Lipinski definition) is 6. The molecule has 0 aliphatic heterocycles. The van der Waals surface area contributed by atoms with Gasteiger partial charge in [-0.2, -0.15) is 5.10 Å².